The van der Waals surface area contributed by atoms with Gasteiger partial charge in [-0.15, -0.1) is 0 Å². The molecule has 0 radical (unpaired) electrons. The number of carboxylic acid groups (broad SMARTS) is 1. The van der Waals surface area contributed by atoms with Crippen molar-refractivity contribution in [3.63, 3.8) is 0 Å². The molecule has 4 rings (SSSR count). The lowest BCUT2D eigenvalue weighted by molar-refractivity contribution is 0.0322. The van der Waals surface area contributed by atoms with Crippen LogP contribution in [0.1, 0.15) is 12.5 Å². The molecule has 1 aliphatic rings. The van der Waals surface area contributed by atoms with Crippen molar-refractivity contribution >= 4 is 11.8 Å². The van der Waals surface area contributed by atoms with Crippen molar-refractivity contribution < 1.29 is 19.4 Å². The van der Waals surface area contributed by atoms with Crippen molar-refractivity contribution in [2.75, 3.05) is 50.9 Å². The van der Waals surface area contributed by atoms with Gasteiger partial charge in [0.25, 0.3) is 5.56 Å². The highest BCUT2D eigenvalue weighted by Crippen LogP contribution is 2.21. The van der Waals surface area contributed by atoms with E-state index in [1.54, 1.807) is 31.2 Å². The predicted molar refractivity (Wildman–Crippen MR) is 133 cm³/mol. The van der Waals surface area contributed by atoms with E-state index >= 15 is 0 Å². The summed E-state index contributed by atoms with van der Waals surface area (Å²) >= 11 is 0. The van der Waals surface area contributed by atoms with Crippen molar-refractivity contribution in [3.05, 3.63) is 76.6 Å². The third-order valence-electron chi connectivity index (χ3n) is 5.90. The van der Waals surface area contributed by atoms with E-state index in [0.717, 1.165) is 49.7 Å². The number of carbonyl (C=O) groups is 1. The van der Waals surface area contributed by atoms with E-state index in [0.29, 0.717) is 24.5 Å². The Morgan fingerprint density at radius 3 is 2.60 bits per heavy atom. The van der Waals surface area contributed by atoms with Crippen molar-refractivity contribution in [1.82, 2.24) is 14.7 Å². The van der Waals surface area contributed by atoms with Gasteiger partial charge in [0.2, 0.25) is 0 Å². The van der Waals surface area contributed by atoms with Crippen molar-refractivity contribution in [1.29, 1.82) is 0 Å². The molecule has 2 heterocycles. The molecule has 1 fully saturated rings. The minimum absolute atomic E-state index is 0.229. The summed E-state index contributed by atoms with van der Waals surface area (Å²) in [6, 6.07) is 18.0. The van der Waals surface area contributed by atoms with E-state index < -0.39 is 6.09 Å². The summed E-state index contributed by atoms with van der Waals surface area (Å²) in [4.78, 5) is 27.5. The molecule has 0 spiro atoms. The summed E-state index contributed by atoms with van der Waals surface area (Å²) in [6.07, 6.45) is -1.02. The highest BCUT2D eigenvalue weighted by atomic mass is 16.5. The average molecular weight is 479 g/mol. The van der Waals surface area contributed by atoms with Gasteiger partial charge in [-0.3, -0.25) is 14.6 Å². The predicted octanol–water partition coefficient (Wildman–Crippen LogP) is 3.17. The van der Waals surface area contributed by atoms with Gasteiger partial charge in [0.05, 0.1) is 25.5 Å². The Balaban J connectivity index is 1.43. The fraction of sp³-hybridized carbons (Fsp3) is 0.346. The smallest absolute Gasteiger partial charge is 0.411 e. The SMILES string of the molecule is CCN(C(=O)O)c1cccc(Cn2nc(-c3ccc(OCCN4CCOCC4)cc3)ccc2=O)c1. The molecular formula is C26H30N4O5. The Bertz CT molecular complexity index is 1190. The maximum absolute atomic E-state index is 12.5. The molecule has 0 bridgehead atoms. The lowest BCUT2D eigenvalue weighted by Gasteiger charge is -2.26. The molecular weight excluding hydrogens is 448 g/mol. The number of amides is 1. The van der Waals surface area contributed by atoms with Gasteiger partial charge >= 0.3 is 6.09 Å². The summed E-state index contributed by atoms with van der Waals surface area (Å²) in [7, 11) is 0. The van der Waals surface area contributed by atoms with E-state index in [4.69, 9.17) is 9.47 Å². The second kappa shape index (κ2) is 11.6. The minimum Gasteiger partial charge on any atom is -0.492 e. The first-order chi connectivity index (χ1) is 17.0. The second-order valence-electron chi connectivity index (χ2n) is 8.24. The Morgan fingerprint density at radius 1 is 1.11 bits per heavy atom. The first-order valence-electron chi connectivity index (χ1n) is 11.7. The summed E-state index contributed by atoms with van der Waals surface area (Å²) in [5.74, 6) is 0.783. The van der Waals surface area contributed by atoms with Crippen molar-refractivity contribution in [2.24, 2.45) is 0 Å². The lowest BCUT2D eigenvalue weighted by Crippen LogP contribution is -2.38. The molecule has 0 unspecified atom stereocenters. The zero-order valence-corrected chi connectivity index (χ0v) is 19.8. The molecule has 1 saturated heterocycles. The molecule has 0 aliphatic carbocycles. The molecule has 0 saturated carbocycles. The third kappa shape index (κ3) is 6.46. The summed E-state index contributed by atoms with van der Waals surface area (Å²) < 4.78 is 12.6. The van der Waals surface area contributed by atoms with Gasteiger partial charge in [-0.25, -0.2) is 9.48 Å². The molecule has 1 amide bonds. The summed E-state index contributed by atoms with van der Waals surface area (Å²) in [6.45, 7) is 7.23. The second-order valence-corrected chi connectivity index (χ2v) is 8.24. The largest absolute Gasteiger partial charge is 0.492 e. The average Bonchev–Trinajstić information content (AvgIpc) is 2.87. The monoisotopic (exact) mass is 478 g/mol. The van der Waals surface area contributed by atoms with Crippen LogP contribution in [0.2, 0.25) is 0 Å². The van der Waals surface area contributed by atoms with E-state index in [9.17, 15) is 14.7 Å². The molecule has 3 aromatic rings. The van der Waals surface area contributed by atoms with Crippen LogP contribution in [0.25, 0.3) is 11.3 Å². The number of rotatable bonds is 9. The van der Waals surface area contributed by atoms with Crippen LogP contribution in [0.5, 0.6) is 5.75 Å². The van der Waals surface area contributed by atoms with Gasteiger partial charge in [-0.1, -0.05) is 12.1 Å². The molecule has 35 heavy (non-hydrogen) atoms. The van der Waals surface area contributed by atoms with Gasteiger partial charge in [0.15, 0.2) is 0 Å². The fourth-order valence-corrected chi connectivity index (χ4v) is 3.98. The molecule has 9 heteroatoms. The Hall–Kier alpha value is -3.69. The number of morpholine rings is 1. The van der Waals surface area contributed by atoms with E-state index in [-0.39, 0.29) is 12.1 Å². The number of hydrogen-bond donors (Lipinski definition) is 1. The van der Waals surface area contributed by atoms with Crippen LogP contribution < -0.4 is 15.2 Å². The van der Waals surface area contributed by atoms with E-state index in [1.807, 2.05) is 30.3 Å². The first-order valence-corrected chi connectivity index (χ1v) is 11.7. The number of benzene rings is 2. The standard InChI is InChI=1S/C26H30N4O5/c1-2-29(26(32)33)22-5-3-4-20(18-22)19-30-25(31)11-10-24(27-30)21-6-8-23(9-7-21)35-17-14-28-12-15-34-16-13-28/h3-11,18H,2,12-17,19H2,1H3,(H,32,33). The number of nitrogens with zero attached hydrogens (tertiary/aromatic N) is 4. The van der Waals surface area contributed by atoms with Gasteiger partial charge in [0.1, 0.15) is 12.4 Å². The molecule has 0 atom stereocenters. The van der Waals surface area contributed by atoms with Crippen LogP contribution in [0, 0.1) is 0 Å². The van der Waals surface area contributed by atoms with Gasteiger partial charge in [-0.05, 0) is 55.0 Å². The van der Waals surface area contributed by atoms with E-state index in [1.165, 1.54) is 15.6 Å². The summed E-state index contributed by atoms with van der Waals surface area (Å²) in [5, 5.41) is 13.9. The Kier molecular flexibility index (Phi) is 8.12. The van der Waals surface area contributed by atoms with E-state index in [2.05, 4.69) is 10.00 Å². The zero-order valence-electron chi connectivity index (χ0n) is 19.8. The molecule has 1 N–H and O–H groups in total. The molecule has 1 aliphatic heterocycles. The van der Waals surface area contributed by atoms with Gasteiger partial charge in [0, 0.05) is 43.5 Å². The van der Waals surface area contributed by atoms with Crippen LogP contribution in [0.4, 0.5) is 10.5 Å². The number of ether oxygens (including phenoxy) is 2. The quantitative estimate of drug-likeness (QED) is 0.505. The minimum atomic E-state index is -1.02. The number of aromatic nitrogens is 2. The Morgan fingerprint density at radius 2 is 1.89 bits per heavy atom. The highest BCUT2D eigenvalue weighted by molar-refractivity contribution is 5.85. The third-order valence-corrected chi connectivity index (χ3v) is 5.90. The van der Waals surface area contributed by atoms with Crippen LogP contribution in [-0.4, -0.2) is 71.9 Å². The van der Waals surface area contributed by atoms with Crippen molar-refractivity contribution in [2.45, 2.75) is 13.5 Å². The topological polar surface area (TPSA) is 97.1 Å². The first kappa shape index (κ1) is 24.4. The van der Waals surface area contributed by atoms with Crippen molar-refractivity contribution in [3.8, 4) is 17.0 Å². The lowest BCUT2D eigenvalue weighted by atomic mass is 10.1. The molecule has 184 valence electrons. The fourth-order valence-electron chi connectivity index (χ4n) is 3.98. The maximum Gasteiger partial charge on any atom is 0.411 e. The maximum atomic E-state index is 12.5. The summed E-state index contributed by atoms with van der Waals surface area (Å²) in [5.41, 5.74) is 2.66. The normalized spacial score (nSPS) is 14.0. The van der Waals surface area contributed by atoms with Crippen LogP contribution in [0.3, 0.4) is 0 Å². The molecule has 1 aromatic heterocycles. The van der Waals surface area contributed by atoms with Crippen LogP contribution in [-0.2, 0) is 11.3 Å². The van der Waals surface area contributed by atoms with Crippen LogP contribution >= 0.6 is 0 Å². The number of anilines is 1. The molecule has 2 aromatic carbocycles. The van der Waals surface area contributed by atoms with Crippen LogP contribution in [0.15, 0.2) is 65.5 Å². The van der Waals surface area contributed by atoms with Gasteiger partial charge in [-0.2, -0.15) is 5.10 Å². The number of hydrogen-bond acceptors (Lipinski definition) is 6. The zero-order chi connectivity index (χ0) is 24.6. The highest BCUT2D eigenvalue weighted by Gasteiger charge is 2.13. The Labute approximate surface area is 204 Å². The molecule has 9 nitrogen and oxygen atoms in total. The van der Waals surface area contributed by atoms with Gasteiger partial charge < -0.3 is 14.6 Å².